The molecule has 0 fully saturated rings. The Labute approximate surface area is 101 Å². The number of hydrogen-bond donors (Lipinski definition) is 1. The van der Waals surface area contributed by atoms with Gasteiger partial charge in [-0.1, -0.05) is 43.6 Å². The van der Waals surface area contributed by atoms with Gasteiger partial charge in [0.1, 0.15) is 0 Å². The Hall–Kier alpha value is -0.180. The maximum atomic E-state index is 6.06. The average Bonchev–Trinajstić information content (AvgIpc) is 2.20. The van der Waals surface area contributed by atoms with Crippen LogP contribution < -0.4 is 5.73 Å². The van der Waals surface area contributed by atoms with Gasteiger partial charge in [0.2, 0.25) is 0 Å². The molecule has 0 aliphatic heterocycles. The van der Waals surface area contributed by atoms with Gasteiger partial charge in [-0.25, -0.2) is 0 Å². The van der Waals surface area contributed by atoms with E-state index in [-0.39, 0.29) is 6.04 Å². The van der Waals surface area contributed by atoms with Gasteiger partial charge in [-0.2, -0.15) is 11.8 Å². The zero-order valence-corrected chi connectivity index (χ0v) is 10.8. The van der Waals surface area contributed by atoms with E-state index in [1.807, 2.05) is 30.0 Å². The van der Waals surface area contributed by atoms with E-state index in [4.69, 9.17) is 17.3 Å². The lowest BCUT2D eigenvalue weighted by atomic mass is 10.1. The van der Waals surface area contributed by atoms with Crippen molar-refractivity contribution in [2.75, 3.05) is 5.75 Å². The van der Waals surface area contributed by atoms with Crippen molar-refractivity contribution in [1.29, 1.82) is 0 Å². The second-order valence-corrected chi connectivity index (χ2v) is 5.45. The predicted molar refractivity (Wildman–Crippen MR) is 70.4 cm³/mol. The summed E-state index contributed by atoms with van der Waals surface area (Å²) in [5.74, 6) is 2.48. The van der Waals surface area contributed by atoms with Crippen LogP contribution in [0, 0.1) is 5.92 Å². The van der Waals surface area contributed by atoms with Crippen LogP contribution in [0.25, 0.3) is 0 Å². The molecule has 1 unspecified atom stereocenters. The molecule has 0 heterocycles. The minimum Gasteiger partial charge on any atom is -0.327 e. The number of nitrogens with two attached hydrogens (primary N) is 1. The van der Waals surface area contributed by atoms with E-state index in [9.17, 15) is 0 Å². The molecule has 1 aromatic rings. The Morgan fingerprint density at radius 2 is 2.00 bits per heavy atom. The molecule has 0 saturated heterocycles. The second kappa shape index (κ2) is 6.41. The molecule has 3 heteroatoms. The third kappa shape index (κ3) is 4.45. The fraction of sp³-hybridized carbons (Fsp3) is 0.500. The zero-order chi connectivity index (χ0) is 11.3. The number of thioether (sulfide) groups is 1. The molecule has 1 aromatic carbocycles. The van der Waals surface area contributed by atoms with Crippen molar-refractivity contribution < 1.29 is 0 Å². The van der Waals surface area contributed by atoms with E-state index < -0.39 is 0 Å². The maximum Gasteiger partial charge on any atom is 0.0446 e. The third-order valence-corrected chi connectivity index (χ3v) is 3.89. The van der Waals surface area contributed by atoms with E-state index in [1.165, 1.54) is 5.56 Å². The lowest BCUT2D eigenvalue weighted by Gasteiger charge is -2.14. The van der Waals surface area contributed by atoms with Gasteiger partial charge in [-0.15, -0.1) is 0 Å². The van der Waals surface area contributed by atoms with Gasteiger partial charge in [-0.05, 0) is 17.5 Å². The van der Waals surface area contributed by atoms with Gasteiger partial charge >= 0.3 is 0 Å². The Balaban J connectivity index is 2.35. The molecule has 0 aliphatic carbocycles. The highest BCUT2D eigenvalue weighted by atomic mass is 35.5. The van der Waals surface area contributed by atoms with Crippen LogP contribution in [0.5, 0.6) is 0 Å². The fourth-order valence-corrected chi connectivity index (χ4v) is 2.64. The van der Waals surface area contributed by atoms with Gasteiger partial charge in [0.05, 0.1) is 0 Å². The summed E-state index contributed by atoms with van der Waals surface area (Å²) in [5, 5.41) is 0.850. The van der Waals surface area contributed by atoms with E-state index in [0.717, 1.165) is 16.5 Å². The molecular formula is C12H18ClNS. The molecule has 84 valence electrons. The molecule has 0 aromatic heterocycles. The van der Waals surface area contributed by atoms with Gasteiger partial charge in [-0.3, -0.25) is 0 Å². The smallest absolute Gasteiger partial charge is 0.0446 e. The Kier molecular flexibility index (Phi) is 5.51. The summed E-state index contributed by atoms with van der Waals surface area (Å²) in [6, 6.07) is 8.24. The highest BCUT2D eigenvalue weighted by Gasteiger charge is 2.07. The number of halogens is 1. The molecule has 1 atom stereocenters. The molecule has 0 aliphatic rings. The van der Waals surface area contributed by atoms with E-state index >= 15 is 0 Å². The second-order valence-electron chi connectivity index (χ2n) is 4.01. The minimum absolute atomic E-state index is 0.275. The molecule has 1 rings (SSSR count). The predicted octanol–water partition coefficient (Wildman–Crippen LogP) is 3.56. The van der Waals surface area contributed by atoms with Crippen LogP contribution in [0.3, 0.4) is 0 Å². The van der Waals surface area contributed by atoms with Crippen LogP contribution in [0.1, 0.15) is 19.4 Å². The molecule has 15 heavy (non-hydrogen) atoms. The third-order valence-electron chi connectivity index (χ3n) is 2.38. The Bertz CT molecular complexity index is 301. The van der Waals surface area contributed by atoms with Crippen LogP contribution in [0.4, 0.5) is 0 Å². The van der Waals surface area contributed by atoms with Crippen molar-refractivity contribution in [3.05, 3.63) is 34.9 Å². The summed E-state index contributed by atoms with van der Waals surface area (Å²) >= 11 is 7.91. The SMILES string of the molecule is CC(C)C(N)CSCc1ccccc1Cl. The first-order chi connectivity index (χ1) is 7.11. The Morgan fingerprint density at radius 3 is 2.60 bits per heavy atom. The number of hydrogen-bond acceptors (Lipinski definition) is 2. The van der Waals surface area contributed by atoms with Crippen LogP contribution in [0.2, 0.25) is 5.02 Å². The molecular weight excluding hydrogens is 226 g/mol. The molecule has 0 amide bonds. The van der Waals surface area contributed by atoms with Crippen molar-refractivity contribution in [3.8, 4) is 0 Å². The van der Waals surface area contributed by atoms with Gasteiger partial charge in [0.15, 0.2) is 0 Å². The standard InChI is InChI=1S/C12H18ClNS/c1-9(2)12(14)8-15-7-10-5-3-4-6-11(10)13/h3-6,9,12H,7-8,14H2,1-2H3. The van der Waals surface area contributed by atoms with E-state index in [0.29, 0.717) is 5.92 Å². The van der Waals surface area contributed by atoms with Crippen LogP contribution in [-0.4, -0.2) is 11.8 Å². The first-order valence-electron chi connectivity index (χ1n) is 5.18. The van der Waals surface area contributed by atoms with Crippen LogP contribution >= 0.6 is 23.4 Å². The number of rotatable bonds is 5. The molecule has 0 bridgehead atoms. The van der Waals surface area contributed by atoms with Gasteiger partial charge in [0.25, 0.3) is 0 Å². The molecule has 0 spiro atoms. The first-order valence-corrected chi connectivity index (χ1v) is 6.71. The maximum absolute atomic E-state index is 6.06. The fourth-order valence-electron chi connectivity index (χ4n) is 1.11. The topological polar surface area (TPSA) is 26.0 Å². The molecule has 0 saturated carbocycles. The summed E-state index contributed by atoms with van der Waals surface area (Å²) in [5.41, 5.74) is 7.16. The van der Waals surface area contributed by atoms with Crippen LogP contribution in [-0.2, 0) is 5.75 Å². The largest absolute Gasteiger partial charge is 0.327 e. The van der Waals surface area contributed by atoms with Gasteiger partial charge in [0, 0.05) is 22.6 Å². The number of benzene rings is 1. The summed E-state index contributed by atoms with van der Waals surface area (Å²) in [6.07, 6.45) is 0. The molecule has 1 nitrogen and oxygen atoms in total. The lowest BCUT2D eigenvalue weighted by molar-refractivity contribution is 0.535. The molecule has 0 radical (unpaired) electrons. The lowest BCUT2D eigenvalue weighted by Crippen LogP contribution is -2.28. The summed E-state index contributed by atoms with van der Waals surface area (Å²) in [7, 11) is 0. The van der Waals surface area contributed by atoms with Crippen molar-refractivity contribution >= 4 is 23.4 Å². The highest BCUT2D eigenvalue weighted by molar-refractivity contribution is 7.98. The quantitative estimate of drug-likeness (QED) is 0.856. The first kappa shape index (κ1) is 12.9. The molecule has 2 N–H and O–H groups in total. The summed E-state index contributed by atoms with van der Waals surface area (Å²) in [6.45, 7) is 4.31. The van der Waals surface area contributed by atoms with E-state index in [2.05, 4.69) is 19.9 Å². The summed E-state index contributed by atoms with van der Waals surface area (Å²) in [4.78, 5) is 0. The summed E-state index contributed by atoms with van der Waals surface area (Å²) < 4.78 is 0. The average molecular weight is 244 g/mol. The van der Waals surface area contributed by atoms with Crippen molar-refractivity contribution in [2.45, 2.75) is 25.6 Å². The highest BCUT2D eigenvalue weighted by Crippen LogP contribution is 2.21. The van der Waals surface area contributed by atoms with Crippen molar-refractivity contribution in [1.82, 2.24) is 0 Å². The minimum atomic E-state index is 0.275. The zero-order valence-electron chi connectivity index (χ0n) is 9.24. The van der Waals surface area contributed by atoms with Crippen molar-refractivity contribution in [3.63, 3.8) is 0 Å². The monoisotopic (exact) mass is 243 g/mol. The normalized spacial score (nSPS) is 13.1. The van der Waals surface area contributed by atoms with Crippen molar-refractivity contribution in [2.24, 2.45) is 11.7 Å². The van der Waals surface area contributed by atoms with E-state index in [1.54, 1.807) is 0 Å². The van der Waals surface area contributed by atoms with Crippen LogP contribution in [0.15, 0.2) is 24.3 Å². The van der Waals surface area contributed by atoms with Gasteiger partial charge < -0.3 is 5.73 Å². The Morgan fingerprint density at radius 1 is 1.33 bits per heavy atom.